The second-order valence-electron chi connectivity index (χ2n) is 6.49. The Bertz CT molecular complexity index is 694. The van der Waals surface area contributed by atoms with Gasteiger partial charge in [0, 0.05) is 5.56 Å². The third kappa shape index (κ3) is 3.66. The minimum Gasteiger partial charge on any atom is -0.385 e. The summed E-state index contributed by atoms with van der Waals surface area (Å²) in [5, 5.41) is 20.4. The highest BCUT2D eigenvalue weighted by atomic mass is 16.7. The van der Waals surface area contributed by atoms with Crippen LogP contribution in [-0.4, -0.2) is 47.5 Å². The van der Waals surface area contributed by atoms with E-state index in [9.17, 15) is 10.2 Å². The predicted molar refractivity (Wildman–Crippen MR) is 91.9 cm³/mol. The molecule has 6 atom stereocenters. The molecule has 2 heterocycles. The van der Waals surface area contributed by atoms with Gasteiger partial charge in [-0.2, -0.15) is 0 Å². The van der Waals surface area contributed by atoms with Crippen LogP contribution in [0.3, 0.4) is 0 Å². The zero-order valence-electron chi connectivity index (χ0n) is 14.2. The summed E-state index contributed by atoms with van der Waals surface area (Å²) in [6, 6.07) is 19.2. The Morgan fingerprint density at radius 3 is 2.35 bits per heavy atom. The lowest BCUT2D eigenvalue weighted by molar-refractivity contribution is -0.360. The van der Waals surface area contributed by atoms with E-state index in [0.717, 1.165) is 11.1 Å². The molecule has 2 saturated heterocycles. The van der Waals surface area contributed by atoms with Crippen molar-refractivity contribution >= 4 is 0 Å². The smallest absolute Gasteiger partial charge is 0.184 e. The van der Waals surface area contributed by atoms with Crippen molar-refractivity contribution in [3.05, 3.63) is 71.8 Å². The Hall–Kier alpha value is -1.80. The van der Waals surface area contributed by atoms with Crippen LogP contribution in [0.15, 0.2) is 60.7 Å². The number of hydrogen-bond acceptors (Lipinski definition) is 6. The molecule has 1 unspecified atom stereocenters. The van der Waals surface area contributed by atoms with Gasteiger partial charge in [-0.05, 0) is 5.56 Å². The average Bonchev–Trinajstić information content (AvgIpc) is 2.69. The van der Waals surface area contributed by atoms with Gasteiger partial charge in [0.2, 0.25) is 0 Å². The Labute approximate surface area is 151 Å². The van der Waals surface area contributed by atoms with Gasteiger partial charge < -0.3 is 29.2 Å². The third-order valence-electron chi connectivity index (χ3n) is 4.68. The SMILES string of the molecule is OC1O[C@@H]2CO[C@@H](c3ccccc3)O[C@H]2[C@H](OCc2ccccc2)[C@H]1O. The van der Waals surface area contributed by atoms with Gasteiger partial charge in [0.25, 0.3) is 0 Å². The Balaban J connectivity index is 1.50. The summed E-state index contributed by atoms with van der Waals surface area (Å²) in [5.74, 6) is 0. The molecule has 2 aromatic rings. The van der Waals surface area contributed by atoms with Gasteiger partial charge >= 0.3 is 0 Å². The fraction of sp³-hybridized carbons (Fsp3) is 0.400. The summed E-state index contributed by atoms with van der Waals surface area (Å²) in [4.78, 5) is 0. The maximum atomic E-state index is 10.4. The molecule has 2 aliphatic heterocycles. The fourth-order valence-electron chi connectivity index (χ4n) is 3.31. The lowest BCUT2D eigenvalue weighted by atomic mass is 9.97. The summed E-state index contributed by atoms with van der Waals surface area (Å²) < 4.78 is 23.2. The molecule has 0 aromatic heterocycles. The van der Waals surface area contributed by atoms with Crippen molar-refractivity contribution in [1.29, 1.82) is 0 Å². The standard InChI is InChI=1S/C20H22O6/c21-16-18(23-11-13-7-3-1-4-8-13)17-15(25-19(16)22)12-24-20(26-17)14-9-5-2-6-10-14/h1-10,15-22H,11-12H2/t15-,16-,17-,18-,19?,20-/m1/s1. The fourth-order valence-corrected chi connectivity index (χ4v) is 3.31. The lowest BCUT2D eigenvalue weighted by Gasteiger charge is -2.46. The van der Waals surface area contributed by atoms with Gasteiger partial charge in [0.1, 0.15) is 24.4 Å². The number of ether oxygens (including phenoxy) is 4. The summed E-state index contributed by atoms with van der Waals surface area (Å²) in [7, 11) is 0. The highest BCUT2D eigenvalue weighted by molar-refractivity contribution is 5.17. The van der Waals surface area contributed by atoms with E-state index in [1.807, 2.05) is 60.7 Å². The molecule has 138 valence electrons. The number of benzene rings is 2. The van der Waals surface area contributed by atoms with Gasteiger partial charge in [0.05, 0.1) is 13.2 Å². The zero-order chi connectivity index (χ0) is 17.9. The van der Waals surface area contributed by atoms with E-state index in [0.29, 0.717) is 6.61 Å². The molecule has 6 nitrogen and oxygen atoms in total. The van der Waals surface area contributed by atoms with Gasteiger partial charge in [-0.15, -0.1) is 0 Å². The summed E-state index contributed by atoms with van der Waals surface area (Å²) in [6.07, 6.45) is -4.87. The summed E-state index contributed by atoms with van der Waals surface area (Å²) in [6.45, 7) is 0.554. The highest BCUT2D eigenvalue weighted by Crippen LogP contribution is 2.35. The molecule has 4 rings (SSSR count). The first-order valence-electron chi connectivity index (χ1n) is 8.71. The van der Waals surface area contributed by atoms with Crippen LogP contribution in [0, 0.1) is 0 Å². The molecule has 0 saturated carbocycles. The lowest BCUT2D eigenvalue weighted by Crippen LogP contribution is -2.62. The van der Waals surface area contributed by atoms with Crippen LogP contribution in [0.25, 0.3) is 0 Å². The Morgan fingerprint density at radius 1 is 0.923 bits per heavy atom. The van der Waals surface area contributed by atoms with Crippen molar-refractivity contribution in [2.75, 3.05) is 6.61 Å². The first-order chi connectivity index (χ1) is 12.7. The van der Waals surface area contributed by atoms with Crippen LogP contribution >= 0.6 is 0 Å². The van der Waals surface area contributed by atoms with Gasteiger partial charge in [-0.3, -0.25) is 0 Å². The zero-order valence-corrected chi connectivity index (χ0v) is 14.2. The highest BCUT2D eigenvalue weighted by Gasteiger charge is 2.49. The second kappa shape index (κ2) is 7.84. The van der Waals surface area contributed by atoms with Crippen LogP contribution in [-0.2, 0) is 25.6 Å². The number of rotatable bonds is 4. The van der Waals surface area contributed by atoms with Crippen molar-refractivity contribution in [1.82, 2.24) is 0 Å². The van der Waals surface area contributed by atoms with Gasteiger partial charge in [-0.1, -0.05) is 60.7 Å². The van der Waals surface area contributed by atoms with Crippen molar-refractivity contribution in [2.45, 2.75) is 43.6 Å². The Morgan fingerprint density at radius 2 is 1.62 bits per heavy atom. The molecule has 2 aliphatic rings. The van der Waals surface area contributed by atoms with Crippen LogP contribution < -0.4 is 0 Å². The summed E-state index contributed by atoms with van der Waals surface area (Å²) in [5.41, 5.74) is 1.86. The molecule has 0 radical (unpaired) electrons. The molecule has 0 aliphatic carbocycles. The van der Waals surface area contributed by atoms with Crippen molar-refractivity contribution in [2.24, 2.45) is 0 Å². The first-order valence-corrected chi connectivity index (χ1v) is 8.71. The topological polar surface area (TPSA) is 77.4 Å². The van der Waals surface area contributed by atoms with E-state index in [2.05, 4.69) is 0 Å². The number of aliphatic hydroxyl groups excluding tert-OH is 2. The second-order valence-corrected chi connectivity index (χ2v) is 6.49. The normalized spacial score (nSPS) is 34.2. The first kappa shape index (κ1) is 17.6. The minimum atomic E-state index is -1.34. The van der Waals surface area contributed by atoms with Gasteiger partial charge in [-0.25, -0.2) is 0 Å². The van der Waals surface area contributed by atoms with E-state index in [-0.39, 0.29) is 6.61 Å². The predicted octanol–water partition coefficient (Wildman–Crippen LogP) is 1.76. The third-order valence-corrected chi connectivity index (χ3v) is 4.68. The van der Waals surface area contributed by atoms with E-state index >= 15 is 0 Å². The van der Waals surface area contributed by atoms with E-state index < -0.39 is 37.0 Å². The van der Waals surface area contributed by atoms with Crippen LogP contribution in [0.5, 0.6) is 0 Å². The van der Waals surface area contributed by atoms with Crippen LogP contribution in [0.4, 0.5) is 0 Å². The largest absolute Gasteiger partial charge is 0.385 e. The monoisotopic (exact) mass is 358 g/mol. The van der Waals surface area contributed by atoms with E-state index in [4.69, 9.17) is 18.9 Å². The summed E-state index contributed by atoms with van der Waals surface area (Å²) >= 11 is 0. The molecular weight excluding hydrogens is 336 g/mol. The van der Waals surface area contributed by atoms with E-state index in [1.54, 1.807) is 0 Å². The molecule has 2 N–H and O–H groups in total. The molecule has 0 spiro atoms. The van der Waals surface area contributed by atoms with Crippen molar-refractivity contribution in [3.63, 3.8) is 0 Å². The molecular formula is C20H22O6. The molecule has 2 aromatic carbocycles. The van der Waals surface area contributed by atoms with Gasteiger partial charge in [0.15, 0.2) is 12.6 Å². The van der Waals surface area contributed by atoms with E-state index in [1.165, 1.54) is 0 Å². The number of aliphatic hydroxyl groups is 2. The molecule has 26 heavy (non-hydrogen) atoms. The molecule has 2 fully saturated rings. The number of hydrogen-bond donors (Lipinski definition) is 2. The van der Waals surface area contributed by atoms with Crippen molar-refractivity contribution < 1.29 is 29.2 Å². The minimum absolute atomic E-state index is 0.249. The molecule has 0 amide bonds. The molecule has 0 bridgehead atoms. The maximum Gasteiger partial charge on any atom is 0.184 e. The average molecular weight is 358 g/mol. The number of fused-ring (bicyclic) bond motifs is 1. The van der Waals surface area contributed by atoms with Crippen LogP contribution in [0.2, 0.25) is 0 Å². The maximum absolute atomic E-state index is 10.4. The van der Waals surface area contributed by atoms with Crippen LogP contribution in [0.1, 0.15) is 17.4 Å². The quantitative estimate of drug-likeness (QED) is 0.867. The Kier molecular flexibility index (Phi) is 5.31. The van der Waals surface area contributed by atoms with Crippen molar-refractivity contribution in [3.8, 4) is 0 Å². The molecule has 6 heteroatoms.